The Labute approximate surface area is 192 Å². The predicted molar refractivity (Wildman–Crippen MR) is 125 cm³/mol. The number of hydrogen-bond donors (Lipinski definition) is 0. The van der Waals surface area contributed by atoms with E-state index in [1.54, 1.807) is 9.80 Å². The van der Waals surface area contributed by atoms with Gasteiger partial charge in [0.25, 0.3) is 5.91 Å². The summed E-state index contributed by atoms with van der Waals surface area (Å²) in [6.45, 7) is 14.8. The topological polar surface area (TPSA) is 68.3 Å². The number of nitrogens with zero attached hydrogens (tertiary/aromatic N) is 2. The van der Waals surface area contributed by atoms with Gasteiger partial charge < -0.3 is 23.8 Å². The molecule has 3 rings (SSSR count). The number of piperidine rings is 1. The quantitative estimate of drug-likeness (QED) is 0.668. The Bertz CT molecular complexity index is 823. The third-order valence-electron chi connectivity index (χ3n) is 6.67. The molecule has 2 amide bonds. The first-order chi connectivity index (χ1) is 14.7. The number of benzene rings is 1. The summed E-state index contributed by atoms with van der Waals surface area (Å²) in [5.41, 5.74) is 0.212. The minimum absolute atomic E-state index is 0.0267. The van der Waals surface area contributed by atoms with Crippen LogP contribution in [0.15, 0.2) is 24.3 Å². The lowest BCUT2D eigenvalue weighted by Gasteiger charge is -2.37. The summed E-state index contributed by atoms with van der Waals surface area (Å²) in [5.74, 6) is -0.0267. The van der Waals surface area contributed by atoms with Gasteiger partial charge in [-0.15, -0.1) is 0 Å². The molecule has 0 spiro atoms. The highest BCUT2D eigenvalue weighted by Gasteiger charge is 2.51. The highest BCUT2D eigenvalue weighted by molar-refractivity contribution is 6.62. The van der Waals surface area contributed by atoms with Gasteiger partial charge in [0.2, 0.25) is 0 Å². The fourth-order valence-corrected chi connectivity index (χ4v) is 3.89. The predicted octanol–water partition coefficient (Wildman–Crippen LogP) is 3.46. The molecule has 0 N–H and O–H groups in total. The lowest BCUT2D eigenvalue weighted by molar-refractivity contribution is 0.00578. The first-order valence-corrected chi connectivity index (χ1v) is 11.4. The second-order valence-corrected chi connectivity index (χ2v) is 10.8. The van der Waals surface area contributed by atoms with Crippen molar-refractivity contribution in [3.8, 4) is 0 Å². The Morgan fingerprint density at radius 3 is 2.00 bits per heavy atom. The summed E-state index contributed by atoms with van der Waals surface area (Å²) < 4.78 is 17.6. The van der Waals surface area contributed by atoms with Crippen molar-refractivity contribution in [3.05, 3.63) is 29.8 Å². The Morgan fingerprint density at radius 1 is 1.03 bits per heavy atom. The second kappa shape index (κ2) is 8.71. The molecule has 2 heterocycles. The smallest absolute Gasteiger partial charge is 0.444 e. The van der Waals surface area contributed by atoms with E-state index in [9.17, 15) is 9.59 Å². The number of carbonyl (C=O) groups excluding carboxylic acids is 2. The van der Waals surface area contributed by atoms with E-state index in [0.717, 1.165) is 18.3 Å². The van der Waals surface area contributed by atoms with Crippen molar-refractivity contribution in [3.63, 3.8) is 0 Å². The van der Waals surface area contributed by atoms with Gasteiger partial charge in [-0.1, -0.05) is 12.1 Å². The van der Waals surface area contributed by atoms with Crippen LogP contribution in [-0.2, 0) is 14.0 Å². The zero-order valence-corrected chi connectivity index (χ0v) is 20.7. The van der Waals surface area contributed by atoms with Gasteiger partial charge in [0, 0.05) is 31.7 Å². The molecular formula is C24H37BN2O5. The summed E-state index contributed by atoms with van der Waals surface area (Å²) >= 11 is 0. The molecular weight excluding hydrogens is 407 g/mol. The average Bonchev–Trinajstić information content (AvgIpc) is 2.93. The van der Waals surface area contributed by atoms with E-state index >= 15 is 0 Å². The third-order valence-corrected chi connectivity index (χ3v) is 6.67. The molecule has 0 unspecified atom stereocenters. The molecule has 7 nitrogen and oxygen atoms in total. The van der Waals surface area contributed by atoms with Gasteiger partial charge in [0.05, 0.1) is 11.2 Å². The molecule has 8 heteroatoms. The molecule has 2 aliphatic heterocycles. The zero-order valence-electron chi connectivity index (χ0n) is 20.7. The van der Waals surface area contributed by atoms with Crippen molar-refractivity contribution in [1.82, 2.24) is 9.80 Å². The van der Waals surface area contributed by atoms with E-state index in [2.05, 4.69) is 0 Å². The Morgan fingerprint density at radius 2 is 1.53 bits per heavy atom. The first-order valence-electron chi connectivity index (χ1n) is 11.4. The fraction of sp³-hybridized carbons (Fsp3) is 0.667. The van der Waals surface area contributed by atoms with Crippen LogP contribution >= 0.6 is 0 Å². The fourth-order valence-electron chi connectivity index (χ4n) is 3.89. The lowest BCUT2D eigenvalue weighted by Crippen LogP contribution is -2.48. The largest absolute Gasteiger partial charge is 0.494 e. The Balaban J connectivity index is 1.57. The molecule has 0 aromatic heterocycles. The van der Waals surface area contributed by atoms with Crippen LogP contribution in [0.4, 0.5) is 4.79 Å². The van der Waals surface area contributed by atoms with Gasteiger partial charge in [-0.3, -0.25) is 4.79 Å². The van der Waals surface area contributed by atoms with Gasteiger partial charge >= 0.3 is 13.2 Å². The molecule has 2 fully saturated rings. The number of hydrogen-bond acceptors (Lipinski definition) is 5. The van der Waals surface area contributed by atoms with Crippen LogP contribution in [0.3, 0.4) is 0 Å². The summed E-state index contributed by atoms with van der Waals surface area (Å²) in [7, 11) is 1.39. The summed E-state index contributed by atoms with van der Waals surface area (Å²) in [6, 6.07) is 7.54. The standard InChI is InChI=1S/C24H37BN2O5/c1-22(2,3)30-21(29)27-15-13-19(14-16-27)26(8)20(28)17-9-11-18(12-10-17)25-31-23(4,5)24(6,7)32-25/h9-12,19H,13-16H2,1-8H3. The summed E-state index contributed by atoms with van der Waals surface area (Å²) in [4.78, 5) is 28.8. The molecule has 2 aliphatic rings. The monoisotopic (exact) mass is 444 g/mol. The van der Waals surface area contributed by atoms with E-state index < -0.39 is 23.9 Å². The van der Waals surface area contributed by atoms with Crippen LogP contribution in [0.1, 0.15) is 71.7 Å². The number of ether oxygens (including phenoxy) is 1. The minimum Gasteiger partial charge on any atom is -0.444 e. The Hall–Kier alpha value is -2.06. The first kappa shape index (κ1) is 24.6. The molecule has 0 atom stereocenters. The lowest BCUT2D eigenvalue weighted by atomic mass is 9.79. The van der Waals surface area contributed by atoms with Crippen molar-refractivity contribution in [2.45, 2.75) is 84.2 Å². The number of likely N-dealkylation sites (tertiary alicyclic amines) is 1. The Kier molecular flexibility index (Phi) is 6.69. The van der Waals surface area contributed by atoms with E-state index in [1.807, 2.05) is 79.8 Å². The molecule has 0 radical (unpaired) electrons. The van der Waals surface area contributed by atoms with Gasteiger partial charge in [0.15, 0.2) is 0 Å². The maximum absolute atomic E-state index is 13.0. The average molecular weight is 444 g/mol. The van der Waals surface area contributed by atoms with E-state index in [4.69, 9.17) is 14.0 Å². The summed E-state index contributed by atoms with van der Waals surface area (Å²) in [5, 5.41) is 0. The van der Waals surface area contributed by atoms with Crippen molar-refractivity contribution in [2.24, 2.45) is 0 Å². The van der Waals surface area contributed by atoms with E-state index in [0.29, 0.717) is 18.7 Å². The van der Waals surface area contributed by atoms with Crippen molar-refractivity contribution < 1.29 is 23.6 Å². The van der Waals surface area contributed by atoms with Crippen molar-refractivity contribution in [2.75, 3.05) is 20.1 Å². The highest BCUT2D eigenvalue weighted by Crippen LogP contribution is 2.36. The van der Waals surface area contributed by atoms with Gasteiger partial charge in [-0.25, -0.2) is 4.79 Å². The van der Waals surface area contributed by atoms with Gasteiger partial charge in [0.1, 0.15) is 5.60 Å². The van der Waals surface area contributed by atoms with Crippen LogP contribution in [-0.4, -0.2) is 71.9 Å². The number of amides is 2. The number of carbonyl (C=O) groups is 2. The molecule has 32 heavy (non-hydrogen) atoms. The molecule has 1 aromatic carbocycles. The van der Waals surface area contributed by atoms with Crippen molar-refractivity contribution in [1.29, 1.82) is 0 Å². The van der Waals surface area contributed by atoms with E-state index in [-0.39, 0.29) is 18.0 Å². The number of rotatable bonds is 3. The molecule has 0 aliphatic carbocycles. The maximum Gasteiger partial charge on any atom is 0.494 e. The normalized spacial score (nSPS) is 20.9. The maximum atomic E-state index is 13.0. The van der Waals surface area contributed by atoms with Crippen LogP contribution < -0.4 is 5.46 Å². The SMILES string of the molecule is CN(C(=O)c1ccc(B2OC(C)(C)C(C)(C)O2)cc1)C1CCN(C(=O)OC(C)(C)C)CC1. The highest BCUT2D eigenvalue weighted by atomic mass is 16.7. The molecule has 176 valence electrons. The zero-order chi connectivity index (χ0) is 23.9. The van der Waals surface area contributed by atoms with E-state index in [1.165, 1.54) is 0 Å². The van der Waals surface area contributed by atoms with Crippen LogP contribution in [0.5, 0.6) is 0 Å². The second-order valence-electron chi connectivity index (χ2n) is 10.8. The molecule has 0 saturated carbocycles. The van der Waals surface area contributed by atoms with Gasteiger partial charge in [-0.2, -0.15) is 0 Å². The molecule has 2 saturated heterocycles. The third kappa shape index (κ3) is 5.29. The van der Waals surface area contributed by atoms with Crippen LogP contribution in [0, 0.1) is 0 Å². The van der Waals surface area contributed by atoms with Crippen molar-refractivity contribution >= 4 is 24.6 Å². The minimum atomic E-state index is -0.507. The van der Waals surface area contributed by atoms with Gasteiger partial charge in [-0.05, 0) is 78.9 Å². The molecule has 0 bridgehead atoms. The van der Waals surface area contributed by atoms with Crippen LogP contribution in [0.2, 0.25) is 0 Å². The summed E-state index contributed by atoms with van der Waals surface area (Å²) in [6.07, 6.45) is 1.17. The van der Waals surface area contributed by atoms with Crippen LogP contribution in [0.25, 0.3) is 0 Å². The molecule has 1 aromatic rings.